The highest BCUT2D eigenvalue weighted by Gasteiger charge is 2.34. The topological polar surface area (TPSA) is 68.0 Å². The lowest BCUT2D eigenvalue weighted by atomic mass is 10.1. The molecule has 0 aliphatic rings. The van der Waals surface area contributed by atoms with Gasteiger partial charge in [0.1, 0.15) is 0 Å². The predicted molar refractivity (Wildman–Crippen MR) is 102 cm³/mol. The summed E-state index contributed by atoms with van der Waals surface area (Å²) < 4.78 is 54.7. The van der Waals surface area contributed by atoms with Gasteiger partial charge in [0, 0.05) is 12.1 Å². The van der Waals surface area contributed by atoms with Crippen molar-refractivity contribution in [2.24, 2.45) is 5.10 Å². The van der Waals surface area contributed by atoms with Gasteiger partial charge in [-0.2, -0.15) is 27.8 Å². The number of alkyl halides is 3. The average molecular weight is 447 g/mol. The SMILES string of the molecule is CCn1ncc(/C=N\Nc2nc(-c3ccc(Cl)c(Cl)c3)cc(C(F)(F)F)n2)c1F. The number of halogens is 6. The van der Waals surface area contributed by atoms with Crippen LogP contribution < -0.4 is 5.43 Å². The second-order valence-electron chi connectivity index (χ2n) is 5.67. The molecule has 29 heavy (non-hydrogen) atoms. The van der Waals surface area contributed by atoms with Crippen molar-refractivity contribution in [2.75, 3.05) is 5.43 Å². The summed E-state index contributed by atoms with van der Waals surface area (Å²) in [6, 6.07) is 5.07. The van der Waals surface area contributed by atoms with E-state index in [1.54, 1.807) is 6.92 Å². The van der Waals surface area contributed by atoms with E-state index < -0.39 is 23.8 Å². The predicted octanol–water partition coefficient (Wildman–Crippen LogP) is 5.27. The summed E-state index contributed by atoms with van der Waals surface area (Å²) in [5.74, 6) is -1.06. The van der Waals surface area contributed by atoms with Crippen LogP contribution in [0.3, 0.4) is 0 Å². The van der Waals surface area contributed by atoms with Gasteiger partial charge in [-0.3, -0.25) is 0 Å². The van der Waals surface area contributed by atoms with E-state index in [1.165, 1.54) is 24.4 Å². The summed E-state index contributed by atoms with van der Waals surface area (Å²) >= 11 is 11.8. The molecular formula is C17H12Cl2F4N6. The first-order valence-corrected chi connectivity index (χ1v) is 8.86. The lowest BCUT2D eigenvalue weighted by molar-refractivity contribution is -0.141. The Balaban J connectivity index is 1.94. The molecule has 0 atom stereocenters. The molecule has 0 saturated carbocycles. The van der Waals surface area contributed by atoms with Crippen molar-refractivity contribution in [3.63, 3.8) is 0 Å². The molecular weight excluding hydrogens is 435 g/mol. The van der Waals surface area contributed by atoms with Gasteiger partial charge in [-0.25, -0.2) is 20.1 Å². The van der Waals surface area contributed by atoms with Gasteiger partial charge in [0.25, 0.3) is 0 Å². The molecule has 0 aliphatic heterocycles. The first-order chi connectivity index (χ1) is 13.7. The van der Waals surface area contributed by atoms with Crippen molar-refractivity contribution in [3.05, 3.63) is 57.7 Å². The fraction of sp³-hybridized carbons (Fsp3) is 0.176. The molecule has 1 aromatic carbocycles. The molecule has 0 radical (unpaired) electrons. The number of hydrogen-bond donors (Lipinski definition) is 1. The third-order valence-electron chi connectivity index (χ3n) is 3.70. The van der Waals surface area contributed by atoms with E-state index in [0.717, 1.165) is 17.0 Å². The number of aryl methyl sites for hydroxylation is 1. The van der Waals surface area contributed by atoms with Crippen LogP contribution in [0.4, 0.5) is 23.5 Å². The van der Waals surface area contributed by atoms with Crippen LogP contribution in [-0.4, -0.2) is 26.0 Å². The highest BCUT2D eigenvalue weighted by Crippen LogP contribution is 2.33. The second kappa shape index (κ2) is 8.34. The Hall–Kier alpha value is -2.72. The highest BCUT2D eigenvalue weighted by atomic mass is 35.5. The zero-order chi connectivity index (χ0) is 21.2. The van der Waals surface area contributed by atoms with Crippen molar-refractivity contribution in [3.8, 4) is 11.3 Å². The molecule has 0 saturated heterocycles. The Morgan fingerprint density at radius 2 is 1.93 bits per heavy atom. The Morgan fingerprint density at radius 3 is 2.55 bits per heavy atom. The number of nitrogens with one attached hydrogen (secondary N) is 1. The van der Waals surface area contributed by atoms with E-state index in [1.807, 2.05) is 0 Å². The van der Waals surface area contributed by atoms with E-state index >= 15 is 0 Å². The molecule has 0 spiro atoms. The van der Waals surface area contributed by atoms with Gasteiger partial charge in [-0.1, -0.05) is 29.3 Å². The van der Waals surface area contributed by atoms with Crippen LogP contribution in [0.2, 0.25) is 10.0 Å². The number of rotatable bonds is 5. The number of aromatic nitrogens is 4. The van der Waals surface area contributed by atoms with Crippen molar-refractivity contribution in [1.82, 2.24) is 19.7 Å². The smallest absolute Gasteiger partial charge is 0.245 e. The lowest BCUT2D eigenvalue weighted by Crippen LogP contribution is -2.11. The van der Waals surface area contributed by atoms with Crippen molar-refractivity contribution >= 4 is 35.4 Å². The van der Waals surface area contributed by atoms with Gasteiger partial charge in [0.15, 0.2) is 5.69 Å². The first kappa shape index (κ1) is 21.0. The zero-order valence-electron chi connectivity index (χ0n) is 14.7. The summed E-state index contributed by atoms with van der Waals surface area (Å²) in [7, 11) is 0. The van der Waals surface area contributed by atoms with Crippen LogP contribution >= 0.6 is 23.2 Å². The third-order valence-corrected chi connectivity index (χ3v) is 4.44. The van der Waals surface area contributed by atoms with Crippen LogP contribution in [0.5, 0.6) is 0 Å². The van der Waals surface area contributed by atoms with E-state index in [4.69, 9.17) is 23.2 Å². The van der Waals surface area contributed by atoms with Gasteiger partial charge in [-0.05, 0) is 25.1 Å². The summed E-state index contributed by atoms with van der Waals surface area (Å²) in [5, 5.41) is 7.90. The van der Waals surface area contributed by atoms with Crippen LogP contribution in [0.1, 0.15) is 18.2 Å². The third kappa shape index (κ3) is 4.83. The van der Waals surface area contributed by atoms with Gasteiger partial charge in [0.2, 0.25) is 11.9 Å². The van der Waals surface area contributed by atoms with Crippen molar-refractivity contribution < 1.29 is 17.6 Å². The van der Waals surface area contributed by atoms with Crippen LogP contribution in [0.15, 0.2) is 35.6 Å². The Labute approximate surface area is 172 Å². The maximum absolute atomic E-state index is 13.9. The first-order valence-electron chi connectivity index (χ1n) is 8.11. The quantitative estimate of drug-likeness (QED) is 0.329. The monoisotopic (exact) mass is 446 g/mol. The van der Waals surface area contributed by atoms with Crippen molar-refractivity contribution in [2.45, 2.75) is 19.6 Å². The molecule has 2 aromatic heterocycles. The Morgan fingerprint density at radius 1 is 1.17 bits per heavy atom. The Kier molecular flexibility index (Phi) is 6.04. The number of nitrogens with zero attached hydrogens (tertiary/aromatic N) is 5. The molecule has 2 heterocycles. The fourth-order valence-corrected chi connectivity index (χ4v) is 2.60. The molecule has 12 heteroatoms. The fourth-order valence-electron chi connectivity index (χ4n) is 2.30. The molecule has 1 N–H and O–H groups in total. The Bertz CT molecular complexity index is 1060. The van der Waals surface area contributed by atoms with E-state index in [0.29, 0.717) is 12.1 Å². The number of hydrazone groups is 1. The van der Waals surface area contributed by atoms with Gasteiger partial charge < -0.3 is 0 Å². The summed E-state index contributed by atoms with van der Waals surface area (Å²) in [5.41, 5.74) is 1.40. The van der Waals surface area contributed by atoms with E-state index in [9.17, 15) is 17.6 Å². The van der Waals surface area contributed by atoms with Gasteiger partial charge in [-0.15, -0.1) is 0 Å². The molecule has 3 rings (SSSR count). The summed E-state index contributed by atoms with van der Waals surface area (Å²) in [4.78, 5) is 7.42. The maximum Gasteiger partial charge on any atom is 0.433 e. The molecule has 0 unspecified atom stereocenters. The number of benzene rings is 1. The maximum atomic E-state index is 13.9. The summed E-state index contributed by atoms with van der Waals surface area (Å²) in [6.07, 6.45) is -2.42. The van der Waals surface area contributed by atoms with Gasteiger partial charge in [0.05, 0.1) is 33.7 Å². The minimum absolute atomic E-state index is 0.0476. The average Bonchev–Trinajstić information content (AvgIpc) is 3.03. The summed E-state index contributed by atoms with van der Waals surface area (Å²) in [6.45, 7) is 2.02. The molecule has 0 amide bonds. The van der Waals surface area contributed by atoms with Crippen LogP contribution in [-0.2, 0) is 12.7 Å². The van der Waals surface area contributed by atoms with Crippen molar-refractivity contribution in [1.29, 1.82) is 0 Å². The number of hydrogen-bond acceptors (Lipinski definition) is 5. The van der Waals surface area contributed by atoms with Crippen LogP contribution in [0, 0.1) is 5.95 Å². The van der Waals surface area contributed by atoms with Gasteiger partial charge >= 0.3 is 6.18 Å². The molecule has 0 fully saturated rings. The minimum Gasteiger partial charge on any atom is -0.245 e. The molecule has 0 aliphatic carbocycles. The zero-order valence-corrected chi connectivity index (χ0v) is 16.2. The largest absolute Gasteiger partial charge is 0.433 e. The van der Waals surface area contributed by atoms with E-state index in [2.05, 4.69) is 25.6 Å². The number of anilines is 1. The molecule has 3 aromatic rings. The molecule has 6 nitrogen and oxygen atoms in total. The van der Waals surface area contributed by atoms with Crippen LogP contribution in [0.25, 0.3) is 11.3 Å². The normalized spacial score (nSPS) is 12.0. The standard InChI is InChI=1S/C17H12Cl2F4N6/c1-2-29-15(20)10(8-25-29)7-24-28-16-26-13(6-14(27-16)17(21,22)23)9-3-4-11(18)12(19)5-9/h3-8H,2H2,1H3,(H,26,27,28)/b24-7-. The second-order valence-corrected chi connectivity index (χ2v) is 6.48. The van der Waals surface area contributed by atoms with E-state index in [-0.39, 0.29) is 21.3 Å². The molecule has 152 valence electrons. The highest BCUT2D eigenvalue weighted by molar-refractivity contribution is 6.42. The minimum atomic E-state index is -4.72. The lowest BCUT2D eigenvalue weighted by Gasteiger charge is -2.10. The molecule has 0 bridgehead atoms.